The van der Waals surface area contributed by atoms with Crippen LogP contribution < -0.4 is 4.99 Å². The Morgan fingerprint density at radius 3 is 2.42 bits per heavy atom. The highest BCUT2D eigenvalue weighted by Crippen LogP contribution is 2.36. The average molecular weight is 362 g/mol. The van der Waals surface area contributed by atoms with E-state index in [0.29, 0.717) is 11.4 Å². The van der Waals surface area contributed by atoms with Gasteiger partial charge in [-0.25, -0.2) is 4.99 Å². The lowest BCUT2D eigenvalue weighted by Gasteiger charge is -2.34. The number of aryl methyl sites for hydroxylation is 1. The van der Waals surface area contributed by atoms with Crippen molar-refractivity contribution in [2.75, 3.05) is 0 Å². The van der Waals surface area contributed by atoms with Crippen LogP contribution in [-0.2, 0) is 22.2 Å². The van der Waals surface area contributed by atoms with Gasteiger partial charge >= 0.3 is 7.11 Å². The molecule has 3 heterocycles. The maximum absolute atomic E-state index is 14.3. The third-order valence-corrected chi connectivity index (χ3v) is 4.91. The van der Waals surface area contributed by atoms with Crippen LogP contribution in [0, 0.1) is 0 Å². The van der Waals surface area contributed by atoms with Crippen molar-refractivity contribution in [3.8, 4) is 0 Å². The molecule has 0 amide bonds. The van der Waals surface area contributed by atoms with Gasteiger partial charge in [-0.1, -0.05) is 27.7 Å². The highest BCUT2D eigenvalue weighted by molar-refractivity contribution is 6.53. The summed E-state index contributed by atoms with van der Waals surface area (Å²) in [5, 5.41) is 0. The molecule has 3 rings (SSSR count). The summed E-state index contributed by atoms with van der Waals surface area (Å²) in [6.45, 7) is 8.10. The molecule has 140 valence electrons. The molecule has 0 saturated carbocycles. The van der Waals surface area contributed by atoms with Crippen molar-refractivity contribution in [3.05, 3.63) is 51.7 Å². The van der Waals surface area contributed by atoms with Crippen LogP contribution in [-0.4, -0.2) is 18.3 Å². The Balaban J connectivity index is 2.13. The van der Waals surface area contributed by atoms with E-state index < -0.39 is 7.11 Å². The second-order valence-corrected chi connectivity index (χ2v) is 6.39. The topological polar surface area (TPSA) is 48.2 Å². The molecule has 2 aliphatic heterocycles. The zero-order valence-electron chi connectivity index (χ0n) is 15.7. The minimum atomic E-state index is -4.43. The van der Waals surface area contributed by atoms with Crippen LogP contribution in [0.25, 0.3) is 5.76 Å². The maximum atomic E-state index is 14.3. The summed E-state index contributed by atoms with van der Waals surface area (Å²) in [4.78, 5) is 6.21. The van der Waals surface area contributed by atoms with Gasteiger partial charge in [-0.05, 0) is 36.8 Å². The van der Waals surface area contributed by atoms with Crippen molar-refractivity contribution >= 4 is 19.1 Å². The summed E-state index contributed by atoms with van der Waals surface area (Å²) in [5.41, 5.74) is 5.43. The molecule has 0 radical (unpaired) electrons. The van der Waals surface area contributed by atoms with Gasteiger partial charge in [-0.3, -0.25) is 0 Å². The predicted molar refractivity (Wildman–Crippen MR) is 99.3 cm³/mol. The highest BCUT2D eigenvalue weighted by atomic mass is 19.3. The van der Waals surface area contributed by atoms with Crippen molar-refractivity contribution in [1.29, 1.82) is 0 Å². The first kappa shape index (κ1) is 18.5. The van der Waals surface area contributed by atoms with Gasteiger partial charge in [0, 0.05) is 23.4 Å². The van der Waals surface area contributed by atoms with Gasteiger partial charge in [0.25, 0.3) is 0 Å². The van der Waals surface area contributed by atoms with E-state index in [-0.39, 0.29) is 11.5 Å². The number of rotatable bonds is 5. The quantitative estimate of drug-likeness (QED) is 0.789. The Labute approximate surface area is 152 Å². The van der Waals surface area contributed by atoms with Gasteiger partial charge in [0.2, 0.25) is 5.70 Å². The summed E-state index contributed by atoms with van der Waals surface area (Å²) in [7, 11) is -4.43. The molecule has 0 unspecified atom stereocenters. The summed E-state index contributed by atoms with van der Waals surface area (Å²) < 4.78 is 38.3. The molecular weight excluding hydrogens is 337 g/mol. The van der Waals surface area contributed by atoms with E-state index in [4.69, 9.17) is 9.31 Å². The molecule has 2 aliphatic rings. The molecular formula is C19H25BF2N2O2. The Kier molecular flexibility index (Phi) is 5.07. The summed E-state index contributed by atoms with van der Waals surface area (Å²) in [5.74, 6) is 0.255. The van der Waals surface area contributed by atoms with Crippen molar-refractivity contribution < 1.29 is 22.9 Å². The molecule has 0 fully saturated rings. The second-order valence-electron chi connectivity index (χ2n) is 6.39. The SMILES string of the molecule is CCC1=C(CC)/C(=C2/C=C(c3[nH]cc(CC)c3CC)O[B-](F)(F)O2)[NH+]=C1. The molecule has 0 saturated heterocycles. The van der Waals surface area contributed by atoms with E-state index in [0.717, 1.165) is 48.0 Å². The van der Waals surface area contributed by atoms with E-state index >= 15 is 0 Å². The molecule has 0 spiro atoms. The lowest BCUT2D eigenvalue weighted by Crippen LogP contribution is -2.65. The molecule has 0 aromatic carbocycles. The number of aromatic nitrogens is 1. The van der Waals surface area contributed by atoms with E-state index in [9.17, 15) is 8.63 Å². The Morgan fingerprint density at radius 1 is 1.04 bits per heavy atom. The van der Waals surface area contributed by atoms with Gasteiger partial charge in [0.1, 0.15) is 5.76 Å². The summed E-state index contributed by atoms with van der Waals surface area (Å²) in [6, 6.07) is 0. The predicted octanol–water partition coefficient (Wildman–Crippen LogP) is 3.40. The molecule has 0 bridgehead atoms. The third-order valence-electron chi connectivity index (χ3n) is 4.91. The van der Waals surface area contributed by atoms with Crippen LogP contribution in [0.4, 0.5) is 8.63 Å². The minimum Gasteiger partial charge on any atom is -0.626 e. The summed E-state index contributed by atoms with van der Waals surface area (Å²) >= 11 is 0. The van der Waals surface area contributed by atoms with Crippen molar-refractivity contribution in [2.24, 2.45) is 0 Å². The third kappa shape index (κ3) is 3.22. The van der Waals surface area contributed by atoms with Crippen molar-refractivity contribution in [3.63, 3.8) is 0 Å². The van der Waals surface area contributed by atoms with Gasteiger partial charge in [0.15, 0.2) is 12.0 Å². The van der Waals surface area contributed by atoms with Crippen LogP contribution in [0.2, 0.25) is 0 Å². The van der Waals surface area contributed by atoms with Crippen LogP contribution >= 0.6 is 0 Å². The molecule has 1 aromatic rings. The smallest absolute Gasteiger partial charge is 0.626 e. The van der Waals surface area contributed by atoms with Gasteiger partial charge in [-0.2, -0.15) is 0 Å². The fraction of sp³-hybridized carbons (Fsp3) is 0.421. The molecule has 4 nitrogen and oxygen atoms in total. The first-order valence-electron chi connectivity index (χ1n) is 9.29. The molecule has 2 N–H and O–H groups in total. The molecule has 0 aliphatic carbocycles. The van der Waals surface area contributed by atoms with E-state index in [1.165, 1.54) is 0 Å². The Bertz CT molecular complexity index is 835. The normalized spacial score (nSPS) is 21.7. The maximum Gasteiger partial charge on any atom is 0.726 e. The second kappa shape index (κ2) is 7.13. The highest BCUT2D eigenvalue weighted by Gasteiger charge is 2.41. The van der Waals surface area contributed by atoms with Gasteiger partial charge in [0.05, 0.1) is 5.69 Å². The zero-order valence-corrected chi connectivity index (χ0v) is 15.7. The number of hydrogen-bond acceptors (Lipinski definition) is 2. The largest absolute Gasteiger partial charge is 0.726 e. The van der Waals surface area contributed by atoms with Crippen molar-refractivity contribution in [1.82, 2.24) is 4.98 Å². The number of aromatic amines is 1. The van der Waals surface area contributed by atoms with Crippen molar-refractivity contribution in [2.45, 2.75) is 53.4 Å². The number of H-pyrrole nitrogens is 1. The fourth-order valence-electron chi connectivity index (χ4n) is 3.64. The monoisotopic (exact) mass is 362 g/mol. The van der Waals surface area contributed by atoms with Crippen LogP contribution in [0.3, 0.4) is 0 Å². The first-order chi connectivity index (χ1) is 12.4. The molecule has 26 heavy (non-hydrogen) atoms. The number of halogens is 2. The van der Waals surface area contributed by atoms with E-state index in [2.05, 4.69) is 9.98 Å². The van der Waals surface area contributed by atoms with Gasteiger partial charge in [-0.15, -0.1) is 0 Å². The van der Waals surface area contributed by atoms with Crippen LogP contribution in [0.5, 0.6) is 0 Å². The molecule has 7 heteroatoms. The van der Waals surface area contributed by atoms with Crippen LogP contribution in [0.1, 0.15) is 57.4 Å². The Hall–Kier alpha value is -2.31. The summed E-state index contributed by atoms with van der Waals surface area (Å²) in [6.07, 6.45) is 8.42. The minimum absolute atomic E-state index is 0.127. The zero-order chi connectivity index (χ0) is 18.9. The van der Waals surface area contributed by atoms with Gasteiger partial charge < -0.3 is 22.9 Å². The lowest BCUT2D eigenvalue weighted by molar-refractivity contribution is -0.385. The lowest BCUT2D eigenvalue weighted by atomic mass is 10.00. The Morgan fingerprint density at radius 2 is 1.81 bits per heavy atom. The number of hydrogen-bond donors (Lipinski definition) is 2. The molecule has 0 atom stereocenters. The van der Waals surface area contributed by atoms with E-state index in [1.54, 1.807) is 6.08 Å². The standard InChI is InChI=1S/C19H24BF2N2O2/c1-5-12-10-23-18(14(12)7-3)16-9-17(26-20(21,22)25-16)19-15(8-4)13(6-2)11-24-19/h9-11,23H,5-8H2,1-4H3/q-1/p+1/b19-17+. The van der Waals surface area contributed by atoms with Crippen LogP contribution in [0.15, 0.2) is 34.9 Å². The van der Waals surface area contributed by atoms with E-state index in [1.807, 2.05) is 40.1 Å². The first-order valence-corrected chi connectivity index (χ1v) is 9.29. The number of allylic oxidation sites excluding steroid dienone is 3. The number of nitrogens with one attached hydrogen (secondary N) is 2. The molecule has 1 aromatic heterocycles. The average Bonchev–Trinajstić information content (AvgIpc) is 3.22. The fourth-order valence-corrected chi connectivity index (χ4v) is 3.64.